The van der Waals surface area contributed by atoms with Crippen LogP contribution in [0.15, 0.2) is 53.4 Å². The number of hydrogen-bond donors (Lipinski definition) is 1. The summed E-state index contributed by atoms with van der Waals surface area (Å²) >= 11 is 0. The maximum Gasteiger partial charge on any atom is 0.342 e. The Morgan fingerprint density at radius 3 is 2.33 bits per heavy atom. The van der Waals surface area contributed by atoms with E-state index in [1.54, 1.807) is 36.4 Å². The first-order valence-electron chi connectivity index (χ1n) is 11.7. The van der Waals surface area contributed by atoms with Crippen molar-refractivity contribution in [2.24, 2.45) is 0 Å². The molecule has 0 spiro atoms. The Morgan fingerprint density at radius 2 is 1.69 bits per heavy atom. The lowest BCUT2D eigenvalue weighted by molar-refractivity contribution is 0.0596. The van der Waals surface area contributed by atoms with Gasteiger partial charge in [-0.2, -0.15) is 5.26 Å². The number of nitriles is 1. The van der Waals surface area contributed by atoms with Crippen molar-refractivity contribution >= 4 is 28.1 Å². The molecule has 0 saturated carbocycles. The van der Waals surface area contributed by atoms with Gasteiger partial charge in [-0.05, 0) is 65.6 Å². The molecule has 1 heterocycles. The van der Waals surface area contributed by atoms with E-state index in [1.165, 1.54) is 45.6 Å². The SMILES string of the molecule is COC(=O)c1c(/C=C/c2cc3c(cc2CCNS(=O)(=O)c2ccc(C#N)cc2)OCO3)ccc(OC)c1OC. The highest BCUT2D eigenvalue weighted by Crippen LogP contribution is 2.37. The van der Waals surface area contributed by atoms with E-state index < -0.39 is 16.0 Å². The van der Waals surface area contributed by atoms with E-state index in [-0.39, 0.29) is 29.5 Å². The van der Waals surface area contributed by atoms with Crippen molar-refractivity contribution < 1.29 is 36.9 Å². The molecule has 202 valence electrons. The molecule has 1 aliphatic heterocycles. The van der Waals surface area contributed by atoms with Gasteiger partial charge in [-0.3, -0.25) is 0 Å². The molecular formula is C28H26N2O8S. The van der Waals surface area contributed by atoms with E-state index in [4.69, 9.17) is 28.9 Å². The van der Waals surface area contributed by atoms with E-state index in [0.717, 1.165) is 11.1 Å². The molecule has 1 aliphatic rings. The summed E-state index contributed by atoms with van der Waals surface area (Å²) in [6, 6.07) is 14.6. The number of carbonyl (C=O) groups is 1. The van der Waals surface area contributed by atoms with Crippen LogP contribution in [0.3, 0.4) is 0 Å². The standard InChI is InChI=1S/C28H26N2O8S/c1-34-23-11-8-19(26(27(23)35-2)28(31)36-3)6-7-20-14-24-25(38-17-37-24)15-21(20)12-13-30-39(32,33)22-9-4-18(16-29)5-10-22/h4-11,14-15,30H,12-13,17H2,1-3H3/b7-6+. The molecule has 0 aliphatic carbocycles. The predicted molar refractivity (Wildman–Crippen MR) is 142 cm³/mol. The van der Waals surface area contributed by atoms with E-state index in [2.05, 4.69) is 4.72 Å². The number of fused-ring (bicyclic) bond motifs is 1. The van der Waals surface area contributed by atoms with Gasteiger partial charge >= 0.3 is 5.97 Å². The van der Waals surface area contributed by atoms with Crippen molar-refractivity contribution in [3.63, 3.8) is 0 Å². The van der Waals surface area contributed by atoms with Gasteiger partial charge in [0.15, 0.2) is 23.0 Å². The number of benzene rings is 3. The zero-order valence-corrected chi connectivity index (χ0v) is 22.3. The highest BCUT2D eigenvalue weighted by molar-refractivity contribution is 7.89. The molecule has 11 heteroatoms. The number of sulfonamides is 1. The smallest absolute Gasteiger partial charge is 0.342 e. The van der Waals surface area contributed by atoms with E-state index in [0.29, 0.717) is 34.8 Å². The van der Waals surface area contributed by atoms with Crippen LogP contribution in [-0.2, 0) is 21.2 Å². The van der Waals surface area contributed by atoms with Gasteiger partial charge in [-0.15, -0.1) is 0 Å². The summed E-state index contributed by atoms with van der Waals surface area (Å²) in [5.74, 6) is 1.15. The molecule has 0 atom stereocenters. The Bertz CT molecular complexity index is 1560. The summed E-state index contributed by atoms with van der Waals surface area (Å²) < 4.78 is 54.8. The number of esters is 1. The van der Waals surface area contributed by atoms with Crippen molar-refractivity contribution in [2.75, 3.05) is 34.7 Å². The van der Waals surface area contributed by atoms with E-state index >= 15 is 0 Å². The first-order chi connectivity index (χ1) is 18.8. The Hall–Kier alpha value is -4.53. The number of methoxy groups -OCH3 is 3. The van der Waals surface area contributed by atoms with Gasteiger partial charge in [0, 0.05) is 6.54 Å². The summed E-state index contributed by atoms with van der Waals surface area (Å²) in [7, 11) is 0.416. The van der Waals surface area contributed by atoms with Gasteiger partial charge in [0.25, 0.3) is 0 Å². The van der Waals surface area contributed by atoms with Gasteiger partial charge in [-0.1, -0.05) is 18.2 Å². The monoisotopic (exact) mass is 550 g/mol. The van der Waals surface area contributed by atoms with Crippen molar-refractivity contribution in [1.82, 2.24) is 4.72 Å². The third-order valence-electron chi connectivity index (χ3n) is 6.02. The first kappa shape index (κ1) is 27.5. The molecule has 10 nitrogen and oxygen atoms in total. The number of rotatable bonds is 10. The van der Waals surface area contributed by atoms with Crippen LogP contribution in [0.2, 0.25) is 0 Å². The van der Waals surface area contributed by atoms with Crippen molar-refractivity contribution in [1.29, 1.82) is 5.26 Å². The van der Waals surface area contributed by atoms with Crippen LogP contribution in [0, 0.1) is 11.3 Å². The molecule has 0 fully saturated rings. The number of nitrogens with one attached hydrogen (secondary N) is 1. The summed E-state index contributed by atoms with van der Waals surface area (Å²) in [4.78, 5) is 12.7. The van der Waals surface area contributed by atoms with Crippen LogP contribution in [0.1, 0.15) is 32.6 Å². The highest BCUT2D eigenvalue weighted by atomic mass is 32.2. The third kappa shape index (κ3) is 5.98. The maximum absolute atomic E-state index is 12.7. The van der Waals surface area contributed by atoms with Crippen LogP contribution in [0.5, 0.6) is 23.0 Å². The fourth-order valence-corrected chi connectivity index (χ4v) is 5.09. The largest absolute Gasteiger partial charge is 0.493 e. The number of ether oxygens (including phenoxy) is 5. The lowest BCUT2D eigenvalue weighted by atomic mass is 10.00. The number of nitrogens with zero attached hydrogens (tertiary/aromatic N) is 1. The third-order valence-corrected chi connectivity index (χ3v) is 7.50. The summed E-state index contributed by atoms with van der Waals surface area (Å²) in [6.07, 6.45) is 3.86. The van der Waals surface area contributed by atoms with E-state index in [1.807, 2.05) is 6.07 Å². The summed E-state index contributed by atoms with van der Waals surface area (Å²) in [5, 5.41) is 8.94. The lowest BCUT2D eigenvalue weighted by Crippen LogP contribution is -2.26. The zero-order chi connectivity index (χ0) is 28.0. The molecule has 39 heavy (non-hydrogen) atoms. The van der Waals surface area contributed by atoms with Crippen molar-refractivity contribution in [3.05, 3.63) is 76.3 Å². The molecule has 0 amide bonds. The Labute approximate surface area is 226 Å². The van der Waals surface area contributed by atoms with Gasteiger partial charge < -0.3 is 23.7 Å². The van der Waals surface area contributed by atoms with Crippen LogP contribution in [0.25, 0.3) is 12.2 Å². The first-order valence-corrected chi connectivity index (χ1v) is 13.2. The second-order valence-corrected chi connectivity index (χ2v) is 10.0. The Morgan fingerprint density at radius 1 is 1.00 bits per heavy atom. The van der Waals surface area contributed by atoms with Gasteiger partial charge in [0.1, 0.15) is 5.56 Å². The van der Waals surface area contributed by atoms with Gasteiger partial charge in [0.2, 0.25) is 16.8 Å². The van der Waals surface area contributed by atoms with Crippen molar-refractivity contribution in [2.45, 2.75) is 11.3 Å². The molecule has 3 aromatic carbocycles. The van der Waals surface area contributed by atoms with Crippen LogP contribution in [-0.4, -0.2) is 49.1 Å². The number of carbonyl (C=O) groups excluding carboxylic acids is 1. The molecule has 4 rings (SSSR count). The average Bonchev–Trinajstić information content (AvgIpc) is 3.42. The maximum atomic E-state index is 12.7. The quantitative estimate of drug-likeness (QED) is 0.296. The molecule has 3 aromatic rings. The van der Waals surface area contributed by atoms with Gasteiger partial charge in [0.05, 0.1) is 37.9 Å². The predicted octanol–water partition coefficient (Wildman–Crippen LogP) is 3.78. The van der Waals surface area contributed by atoms with Crippen LogP contribution >= 0.6 is 0 Å². The zero-order valence-electron chi connectivity index (χ0n) is 21.5. The fraction of sp³-hybridized carbons (Fsp3) is 0.214. The minimum Gasteiger partial charge on any atom is -0.493 e. The minimum absolute atomic E-state index is 0.0658. The molecular weight excluding hydrogens is 524 g/mol. The molecule has 0 saturated heterocycles. The Kier molecular flexibility index (Phi) is 8.39. The second kappa shape index (κ2) is 11.9. The molecule has 0 aromatic heterocycles. The van der Waals surface area contributed by atoms with Gasteiger partial charge in [-0.25, -0.2) is 17.9 Å². The molecule has 0 unspecified atom stereocenters. The average molecular weight is 551 g/mol. The number of hydrogen-bond acceptors (Lipinski definition) is 9. The minimum atomic E-state index is -3.78. The normalized spacial score (nSPS) is 12.3. The van der Waals surface area contributed by atoms with Crippen LogP contribution < -0.4 is 23.7 Å². The van der Waals surface area contributed by atoms with Crippen LogP contribution in [0.4, 0.5) is 0 Å². The summed E-state index contributed by atoms with van der Waals surface area (Å²) in [6.45, 7) is 0.183. The Balaban J connectivity index is 1.62. The summed E-state index contributed by atoms with van der Waals surface area (Å²) in [5.41, 5.74) is 2.63. The lowest BCUT2D eigenvalue weighted by Gasteiger charge is -2.14. The topological polar surface area (TPSA) is 133 Å². The fourth-order valence-electron chi connectivity index (χ4n) is 4.06. The molecule has 0 radical (unpaired) electrons. The van der Waals surface area contributed by atoms with E-state index in [9.17, 15) is 13.2 Å². The van der Waals surface area contributed by atoms with Crippen molar-refractivity contribution in [3.8, 4) is 29.1 Å². The molecule has 1 N–H and O–H groups in total. The highest BCUT2D eigenvalue weighted by Gasteiger charge is 2.22. The second-order valence-electron chi connectivity index (χ2n) is 8.28. The molecule has 0 bridgehead atoms.